The van der Waals surface area contributed by atoms with Gasteiger partial charge in [-0.05, 0) is 0 Å². The second-order valence-corrected chi connectivity index (χ2v) is 7.01. The summed E-state index contributed by atoms with van der Waals surface area (Å²) in [5.74, 6) is 0. The van der Waals surface area contributed by atoms with Crippen LogP contribution in [0.5, 0.6) is 0 Å². The number of hydrogen-bond donors (Lipinski definition) is 0. The van der Waals surface area contributed by atoms with E-state index in [0.29, 0.717) is 36.3 Å². The Balaban J connectivity index is -0.0000000476. The average molecular weight is 370 g/mol. The fourth-order valence-electron chi connectivity index (χ4n) is 1.79. The number of hydrogen-bond acceptors (Lipinski definition) is 0. The normalized spacial score (nSPS) is 9.75. The monoisotopic (exact) mass is 369 g/mol. The SMILES string of the molecule is CC(C)[N-]C(C)C.CC(C)[N-]C(C)C.CC(C)[N-]C(C)C.[K+].[Li+].[Na+]. The molecule has 0 aliphatic rings. The van der Waals surface area contributed by atoms with Crippen molar-refractivity contribution in [2.24, 2.45) is 0 Å². The van der Waals surface area contributed by atoms with Gasteiger partial charge in [-0.15, -0.1) is 36.3 Å². The van der Waals surface area contributed by atoms with Gasteiger partial charge >= 0.3 is 99.8 Å². The Labute approximate surface area is 231 Å². The summed E-state index contributed by atoms with van der Waals surface area (Å²) >= 11 is 0. The van der Waals surface area contributed by atoms with Crippen LogP contribution in [0.1, 0.15) is 83.1 Å². The van der Waals surface area contributed by atoms with Crippen LogP contribution < -0.4 is 99.8 Å². The number of nitrogens with zero attached hydrogens (tertiary/aromatic N) is 3. The van der Waals surface area contributed by atoms with Gasteiger partial charge in [0, 0.05) is 0 Å². The Morgan fingerprint density at radius 1 is 0.375 bits per heavy atom. The van der Waals surface area contributed by atoms with Gasteiger partial charge in [0.1, 0.15) is 0 Å². The van der Waals surface area contributed by atoms with Gasteiger partial charge in [-0.25, -0.2) is 0 Å². The van der Waals surface area contributed by atoms with Crippen molar-refractivity contribution in [2.75, 3.05) is 0 Å². The quantitative estimate of drug-likeness (QED) is 0.467. The third kappa shape index (κ3) is 63.9. The summed E-state index contributed by atoms with van der Waals surface area (Å²) in [6.07, 6.45) is 0. The third-order valence-corrected chi connectivity index (χ3v) is 1.79. The Morgan fingerprint density at radius 3 is 0.458 bits per heavy atom. The second kappa shape index (κ2) is 28.3. The molecule has 0 spiro atoms. The average Bonchev–Trinajstić information content (AvgIpc) is 2.10. The minimum atomic E-state index is 0. The summed E-state index contributed by atoms with van der Waals surface area (Å²) in [6, 6.07) is 3.00. The molecule has 0 aromatic rings. The summed E-state index contributed by atoms with van der Waals surface area (Å²) in [5, 5.41) is 12.8. The van der Waals surface area contributed by atoms with Crippen LogP contribution in [-0.4, -0.2) is 36.3 Å². The van der Waals surface area contributed by atoms with Gasteiger partial charge in [-0.2, -0.15) is 0 Å². The molecule has 0 radical (unpaired) electrons. The minimum Gasteiger partial charge on any atom is -0.658 e. The minimum absolute atomic E-state index is 0. The van der Waals surface area contributed by atoms with Gasteiger partial charge in [-0.1, -0.05) is 83.1 Å². The zero-order valence-electron chi connectivity index (χ0n) is 19.8. The molecule has 0 aliphatic heterocycles. The summed E-state index contributed by atoms with van der Waals surface area (Å²) < 4.78 is 0. The molecule has 0 unspecified atom stereocenters. The van der Waals surface area contributed by atoms with Crippen molar-refractivity contribution in [2.45, 2.75) is 119 Å². The van der Waals surface area contributed by atoms with E-state index >= 15 is 0 Å². The van der Waals surface area contributed by atoms with Crippen LogP contribution in [0.3, 0.4) is 0 Å². The molecule has 0 rings (SSSR count). The van der Waals surface area contributed by atoms with Gasteiger partial charge < -0.3 is 16.0 Å². The van der Waals surface area contributed by atoms with Crippen molar-refractivity contribution in [1.29, 1.82) is 0 Å². The standard InChI is InChI=1S/3C6H14N.K.Li.Na/c3*1-5(2)7-6(3)4;;;/h3*5-6H,1-4H3;;;/q3*-1;3*+1. The van der Waals surface area contributed by atoms with Crippen LogP contribution in [-0.2, 0) is 0 Å². The maximum Gasteiger partial charge on any atom is 1.00 e. The molecule has 0 aromatic carbocycles. The zero-order chi connectivity index (χ0) is 17.6. The molecule has 0 amide bonds. The summed E-state index contributed by atoms with van der Waals surface area (Å²) in [5.41, 5.74) is 0. The molecule has 132 valence electrons. The first-order valence-electron chi connectivity index (χ1n) is 8.48. The number of rotatable bonds is 6. The van der Waals surface area contributed by atoms with Crippen molar-refractivity contribution in [1.82, 2.24) is 0 Å². The third-order valence-electron chi connectivity index (χ3n) is 1.79. The van der Waals surface area contributed by atoms with Crippen LogP contribution in [0.4, 0.5) is 0 Å². The molecule has 0 heterocycles. The van der Waals surface area contributed by atoms with Crippen LogP contribution in [0.25, 0.3) is 16.0 Å². The van der Waals surface area contributed by atoms with Crippen molar-refractivity contribution >= 4 is 0 Å². The molecule has 24 heavy (non-hydrogen) atoms. The van der Waals surface area contributed by atoms with E-state index in [4.69, 9.17) is 0 Å². The Hall–Kier alpha value is 3.11. The molecule has 0 aromatic heterocycles. The van der Waals surface area contributed by atoms with E-state index < -0.39 is 0 Å². The van der Waals surface area contributed by atoms with E-state index in [1.54, 1.807) is 0 Å². The molecule has 0 saturated heterocycles. The first-order chi connectivity index (χ1) is 9.38. The van der Waals surface area contributed by atoms with Gasteiger partial charge in [0.25, 0.3) is 0 Å². The van der Waals surface area contributed by atoms with E-state index in [2.05, 4.69) is 99.0 Å². The smallest absolute Gasteiger partial charge is 0.658 e. The first-order valence-corrected chi connectivity index (χ1v) is 8.48. The van der Waals surface area contributed by atoms with Gasteiger partial charge in [0.05, 0.1) is 0 Å². The molecule has 0 fully saturated rings. The molecule has 0 aliphatic carbocycles. The van der Waals surface area contributed by atoms with E-state index in [1.165, 1.54) is 0 Å². The predicted molar refractivity (Wildman–Crippen MR) is 101 cm³/mol. The first kappa shape index (κ1) is 41.5. The zero-order valence-corrected chi connectivity index (χ0v) is 24.9. The molecular formula is C18H42KLiN3Na. The molecular weight excluding hydrogens is 327 g/mol. The second-order valence-electron chi connectivity index (χ2n) is 7.01. The van der Waals surface area contributed by atoms with E-state index in [0.717, 1.165) is 0 Å². The Bertz CT molecular complexity index is 151. The maximum atomic E-state index is 4.28. The predicted octanol–water partition coefficient (Wildman–Crippen LogP) is -2.46. The Morgan fingerprint density at radius 2 is 0.458 bits per heavy atom. The van der Waals surface area contributed by atoms with Gasteiger partial charge in [-0.3, -0.25) is 0 Å². The largest absolute Gasteiger partial charge is 1.00 e. The van der Waals surface area contributed by atoms with Crippen LogP contribution in [0.2, 0.25) is 0 Å². The summed E-state index contributed by atoms with van der Waals surface area (Å²) in [7, 11) is 0. The maximum absolute atomic E-state index is 4.28. The molecule has 0 bridgehead atoms. The molecule has 6 heteroatoms. The van der Waals surface area contributed by atoms with E-state index in [9.17, 15) is 0 Å². The molecule has 0 saturated carbocycles. The fourth-order valence-corrected chi connectivity index (χ4v) is 1.79. The van der Waals surface area contributed by atoms with Crippen LogP contribution >= 0.6 is 0 Å². The van der Waals surface area contributed by atoms with E-state index in [1.807, 2.05) is 0 Å². The fraction of sp³-hybridized carbons (Fsp3) is 1.00. The van der Waals surface area contributed by atoms with Crippen molar-refractivity contribution in [3.05, 3.63) is 16.0 Å². The molecule has 0 atom stereocenters. The van der Waals surface area contributed by atoms with E-state index in [-0.39, 0.29) is 99.8 Å². The van der Waals surface area contributed by atoms with Crippen LogP contribution in [0, 0.1) is 0 Å². The summed E-state index contributed by atoms with van der Waals surface area (Å²) in [4.78, 5) is 0. The van der Waals surface area contributed by atoms with Crippen molar-refractivity contribution in [3.8, 4) is 0 Å². The Kier molecular flexibility index (Phi) is 48.9. The van der Waals surface area contributed by atoms with Gasteiger partial charge in [0.15, 0.2) is 0 Å². The van der Waals surface area contributed by atoms with Crippen LogP contribution in [0.15, 0.2) is 0 Å². The van der Waals surface area contributed by atoms with Crippen molar-refractivity contribution < 1.29 is 99.8 Å². The van der Waals surface area contributed by atoms with Crippen molar-refractivity contribution in [3.63, 3.8) is 0 Å². The topological polar surface area (TPSA) is 42.3 Å². The molecule has 0 N–H and O–H groups in total. The van der Waals surface area contributed by atoms with Gasteiger partial charge in [0.2, 0.25) is 0 Å². The summed E-state index contributed by atoms with van der Waals surface area (Å²) in [6.45, 7) is 25.2. The molecule has 3 nitrogen and oxygen atoms in total.